The SMILES string of the molecule is C[C@H](c1cccs1)N(C)C(=O)c1cccc2cn[nH]c12. The van der Waals surface area contributed by atoms with Crippen LogP contribution < -0.4 is 0 Å². The molecule has 0 saturated carbocycles. The zero-order valence-corrected chi connectivity index (χ0v) is 12.1. The number of carbonyl (C=O) groups excluding carboxylic acids is 1. The van der Waals surface area contributed by atoms with Crippen LogP contribution in [0, 0.1) is 0 Å². The number of H-pyrrole nitrogens is 1. The van der Waals surface area contributed by atoms with Crippen molar-refractivity contribution in [1.82, 2.24) is 15.1 Å². The summed E-state index contributed by atoms with van der Waals surface area (Å²) in [7, 11) is 1.84. The molecule has 0 spiro atoms. The third kappa shape index (κ3) is 2.10. The number of amides is 1. The fourth-order valence-electron chi connectivity index (χ4n) is 2.23. The molecule has 1 aromatic carbocycles. The van der Waals surface area contributed by atoms with Gasteiger partial charge in [-0.15, -0.1) is 11.3 Å². The number of benzene rings is 1. The molecule has 0 aliphatic heterocycles. The minimum Gasteiger partial charge on any atom is -0.334 e. The number of nitrogens with one attached hydrogen (secondary N) is 1. The second-order valence-electron chi connectivity index (χ2n) is 4.75. The summed E-state index contributed by atoms with van der Waals surface area (Å²) in [5.74, 6) is 0.000694. The van der Waals surface area contributed by atoms with Crippen LogP contribution in [0.4, 0.5) is 0 Å². The Balaban J connectivity index is 1.94. The fourth-order valence-corrected chi connectivity index (χ4v) is 3.06. The van der Waals surface area contributed by atoms with E-state index in [1.807, 2.05) is 43.6 Å². The lowest BCUT2D eigenvalue weighted by atomic mass is 10.1. The zero-order chi connectivity index (χ0) is 14.1. The quantitative estimate of drug-likeness (QED) is 0.801. The van der Waals surface area contributed by atoms with Gasteiger partial charge in [0.25, 0.3) is 5.91 Å². The average molecular weight is 285 g/mol. The molecule has 3 aromatic rings. The van der Waals surface area contributed by atoms with Gasteiger partial charge in [-0.1, -0.05) is 18.2 Å². The minimum atomic E-state index is 0.000694. The van der Waals surface area contributed by atoms with E-state index in [1.54, 1.807) is 22.4 Å². The number of aromatic amines is 1. The highest BCUT2D eigenvalue weighted by atomic mass is 32.1. The van der Waals surface area contributed by atoms with Crippen LogP contribution in [0.15, 0.2) is 41.9 Å². The van der Waals surface area contributed by atoms with E-state index >= 15 is 0 Å². The maximum absolute atomic E-state index is 12.7. The third-order valence-corrected chi connectivity index (χ3v) is 4.61. The molecule has 3 rings (SSSR count). The summed E-state index contributed by atoms with van der Waals surface area (Å²) in [6.45, 7) is 2.04. The van der Waals surface area contributed by atoms with E-state index in [4.69, 9.17) is 0 Å². The zero-order valence-electron chi connectivity index (χ0n) is 11.3. The number of aromatic nitrogens is 2. The molecule has 0 aliphatic carbocycles. The molecule has 0 radical (unpaired) electrons. The second kappa shape index (κ2) is 5.09. The predicted molar refractivity (Wildman–Crippen MR) is 80.9 cm³/mol. The monoisotopic (exact) mass is 285 g/mol. The van der Waals surface area contributed by atoms with Gasteiger partial charge in [0, 0.05) is 17.3 Å². The van der Waals surface area contributed by atoms with Crippen LogP contribution in [-0.4, -0.2) is 28.1 Å². The first-order valence-electron chi connectivity index (χ1n) is 6.41. The minimum absolute atomic E-state index is 0.000694. The van der Waals surface area contributed by atoms with Crippen LogP contribution in [0.25, 0.3) is 10.9 Å². The van der Waals surface area contributed by atoms with Gasteiger partial charge in [-0.2, -0.15) is 5.10 Å². The highest BCUT2D eigenvalue weighted by molar-refractivity contribution is 7.10. The van der Waals surface area contributed by atoms with Gasteiger partial charge < -0.3 is 4.90 Å². The van der Waals surface area contributed by atoms with Crippen LogP contribution in [-0.2, 0) is 0 Å². The van der Waals surface area contributed by atoms with Crippen molar-refractivity contribution in [2.24, 2.45) is 0 Å². The number of rotatable bonds is 3. The molecule has 0 bridgehead atoms. The highest BCUT2D eigenvalue weighted by Gasteiger charge is 2.21. The van der Waals surface area contributed by atoms with Crippen LogP contribution in [0.2, 0.25) is 0 Å². The van der Waals surface area contributed by atoms with E-state index in [9.17, 15) is 4.79 Å². The lowest BCUT2D eigenvalue weighted by Crippen LogP contribution is -2.29. The molecule has 4 nitrogen and oxygen atoms in total. The number of hydrogen-bond acceptors (Lipinski definition) is 3. The number of para-hydroxylation sites is 1. The number of fused-ring (bicyclic) bond motifs is 1. The van der Waals surface area contributed by atoms with Gasteiger partial charge in [0.1, 0.15) is 0 Å². The molecule has 5 heteroatoms. The molecule has 102 valence electrons. The van der Waals surface area contributed by atoms with Crippen molar-refractivity contribution in [2.75, 3.05) is 7.05 Å². The van der Waals surface area contributed by atoms with Crippen molar-refractivity contribution < 1.29 is 4.79 Å². The van der Waals surface area contributed by atoms with E-state index in [2.05, 4.69) is 16.3 Å². The van der Waals surface area contributed by atoms with Gasteiger partial charge in [-0.05, 0) is 24.4 Å². The van der Waals surface area contributed by atoms with Crippen molar-refractivity contribution in [3.05, 3.63) is 52.3 Å². The molecular weight excluding hydrogens is 270 g/mol. The number of nitrogens with zero attached hydrogens (tertiary/aromatic N) is 2. The maximum Gasteiger partial charge on any atom is 0.256 e. The first kappa shape index (κ1) is 12.9. The van der Waals surface area contributed by atoms with Crippen LogP contribution in [0.5, 0.6) is 0 Å². The van der Waals surface area contributed by atoms with E-state index in [0.29, 0.717) is 5.56 Å². The van der Waals surface area contributed by atoms with Crippen LogP contribution in [0.3, 0.4) is 0 Å². The molecule has 0 fully saturated rings. The predicted octanol–water partition coefficient (Wildman–Crippen LogP) is 3.46. The van der Waals surface area contributed by atoms with Gasteiger partial charge in [0.2, 0.25) is 0 Å². The largest absolute Gasteiger partial charge is 0.334 e. The van der Waals surface area contributed by atoms with E-state index < -0.39 is 0 Å². The average Bonchev–Trinajstić information content (AvgIpc) is 3.14. The van der Waals surface area contributed by atoms with Crippen LogP contribution >= 0.6 is 11.3 Å². The van der Waals surface area contributed by atoms with Crippen molar-refractivity contribution in [1.29, 1.82) is 0 Å². The Bertz CT molecular complexity index is 733. The van der Waals surface area contributed by atoms with E-state index in [-0.39, 0.29) is 11.9 Å². The maximum atomic E-state index is 12.7. The molecule has 0 aliphatic rings. The lowest BCUT2D eigenvalue weighted by molar-refractivity contribution is 0.0746. The second-order valence-corrected chi connectivity index (χ2v) is 5.73. The Kier molecular flexibility index (Phi) is 3.28. The molecule has 0 unspecified atom stereocenters. The van der Waals surface area contributed by atoms with Gasteiger partial charge in [-0.25, -0.2) is 0 Å². The normalized spacial score (nSPS) is 12.5. The molecule has 1 N–H and O–H groups in total. The standard InChI is InChI=1S/C15H15N3OS/c1-10(13-7-4-8-20-13)18(2)15(19)12-6-3-5-11-9-16-17-14(11)12/h3-10H,1-2H3,(H,16,17)/t10-/m1/s1. The summed E-state index contributed by atoms with van der Waals surface area (Å²) in [4.78, 5) is 15.6. The Morgan fingerprint density at radius 1 is 1.35 bits per heavy atom. The Hall–Kier alpha value is -2.14. The fraction of sp³-hybridized carbons (Fsp3) is 0.200. The van der Waals surface area contributed by atoms with Crippen molar-refractivity contribution in [2.45, 2.75) is 13.0 Å². The van der Waals surface area contributed by atoms with Crippen molar-refractivity contribution in [3.8, 4) is 0 Å². The van der Waals surface area contributed by atoms with Gasteiger partial charge >= 0.3 is 0 Å². The third-order valence-electron chi connectivity index (χ3n) is 3.56. The Morgan fingerprint density at radius 3 is 2.95 bits per heavy atom. The van der Waals surface area contributed by atoms with Crippen molar-refractivity contribution in [3.63, 3.8) is 0 Å². The topological polar surface area (TPSA) is 49.0 Å². The summed E-state index contributed by atoms with van der Waals surface area (Å²) in [5.41, 5.74) is 1.45. The summed E-state index contributed by atoms with van der Waals surface area (Å²) >= 11 is 1.66. The molecule has 2 heterocycles. The molecule has 0 saturated heterocycles. The number of hydrogen-bond donors (Lipinski definition) is 1. The highest BCUT2D eigenvalue weighted by Crippen LogP contribution is 2.26. The molecule has 1 atom stereocenters. The number of thiophene rings is 1. The van der Waals surface area contributed by atoms with Crippen molar-refractivity contribution >= 4 is 28.1 Å². The molecule has 1 amide bonds. The summed E-state index contributed by atoms with van der Waals surface area (Å²) < 4.78 is 0. The smallest absolute Gasteiger partial charge is 0.256 e. The molecule has 20 heavy (non-hydrogen) atoms. The number of carbonyl (C=O) groups is 1. The first-order valence-corrected chi connectivity index (χ1v) is 7.29. The first-order chi connectivity index (χ1) is 9.68. The van der Waals surface area contributed by atoms with Gasteiger partial charge in [0.05, 0.1) is 23.3 Å². The molecular formula is C15H15N3OS. The van der Waals surface area contributed by atoms with Gasteiger partial charge in [0.15, 0.2) is 0 Å². The molecule has 2 aromatic heterocycles. The Morgan fingerprint density at radius 2 is 2.20 bits per heavy atom. The van der Waals surface area contributed by atoms with E-state index in [1.165, 1.54) is 4.88 Å². The van der Waals surface area contributed by atoms with Gasteiger partial charge in [-0.3, -0.25) is 9.89 Å². The lowest BCUT2D eigenvalue weighted by Gasteiger charge is -2.24. The van der Waals surface area contributed by atoms with Crippen LogP contribution in [0.1, 0.15) is 28.2 Å². The summed E-state index contributed by atoms with van der Waals surface area (Å²) in [5, 5.41) is 9.89. The summed E-state index contributed by atoms with van der Waals surface area (Å²) in [6.07, 6.45) is 1.73. The van der Waals surface area contributed by atoms with E-state index in [0.717, 1.165) is 10.9 Å². The Labute approximate surface area is 121 Å². The summed E-state index contributed by atoms with van der Waals surface area (Å²) in [6, 6.07) is 9.77.